The molecule has 0 aliphatic carbocycles. The first-order chi connectivity index (χ1) is 9.65. The fourth-order valence-electron chi connectivity index (χ4n) is 2.19. The second-order valence-electron chi connectivity index (χ2n) is 4.68. The summed E-state index contributed by atoms with van der Waals surface area (Å²) in [5.41, 5.74) is 0. The summed E-state index contributed by atoms with van der Waals surface area (Å²) in [7, 11) is 1.60. The van der Waals surface area contributed by atoms with Crippen LogP contribution in [0.5, 0.6) is 5.88 Å². The highest BCUT2D eigenvalue weighted by Gasteiger charge is 2.29. The zero-order valence-electron chi connectivity index (χ0n) is 10.8. The van der Waals surface area contributed by atoms with Crippen molar-refractivity contribution in [2.45, 2.75) is 6.54 Å². The number of anilines is 1. The number of hydrogen-bond donors (Lipinski definition) is 0. The fourth-order valence-corrected chi connectivity index (χ4v) is 2.87. The van der Waals surface area contributed by atoms with Gasteiger partial charge in [-0.3, -0.25) is 4.68 Å². The van der Waals surface area contributed by atoms with Crippen LogP contribution in [0.1, 0.15) is 0 Å². The molecular weight excluding hydrogens is 390 g/mol. The lowest BCUT2D eigenvalue weighted by atomic mass is 10.0. The van der Waals surface area contributed by atoms with Crippen LogP contribution in [0.2, 0.25) is 0 Å². The summed E-state index contributed by atoms with van der Waals surface area (Å²) in [6.07, 6.45) is 5.51. The van der Waals surface area contributed by atoms with Crippen molar-refractivity contribution >= 4 is 37.8 Å². The van der Waals surface area contributed by atoms with Crippen molar-refractivity contribution in [1.82, 2.24) is 19.7 Å². The number of rotatable bonds is 4. The van der Waals surface area contributed by atoms with Crippen LogP contribution < -0.4 is 9.64 Å². The first-order valence-electron chi connectivity index (χ1n) is 6.15. The molecule has 0 N–H and O–H groups in total. The topological polar surface area (TPSA) is 56.1 Å². The van der Waals surface area contributed by atoms with Crippen LogP contribution in [0.3, 0.4) is 0 Å². The molecule has 2 aromatic heterocycles. The summed E-state index contributed by atoms with van der Waals surface area (Å²) in [6, 6.07) is 0. The average Bonchev–Trinajstić information content (AvgIpc) is 2.80. The van der Waals surface area contributed by atoms with Gasteiger partial charge in [0.2, 0.25) is 11.8 Å². The molecule has 0 amide bonds. The van der Waals surface area contributed by atoms with Crippen LogP contribution in [0.4, 0.5) is 5.95 Å². The highest BCUT2D eigenvalue weighted by Crippen LogP contribution is 2.27. The number of methoxy groups -OCH3 is 1. The largest absolute Gasteiger partial charge is 0.480 e. The Hall–Kier alpha value is -1.15. The summed E-state index contributed by atoms with van der Waals surface area (Å²) in [5.74, 6) is 1.84. The maximum Gasteiger partial charge on any atom is 0.232 e. The van der Waals surface area contributed by atoms with E-state index in [1.165, 1.54) is 0 Å². The van der Waals surface area contributed by atoms with E-state index in [1.54, 1.807) is 19.5 Å². The van der Waals surface area contributed by atoms with Gasteiger partial charge in [-0.15, -0.1) is 0 Å². The lowest BCUT2D eigenvalue weighted by Gasteiger charge is -2.39. The van der Waals surface area contributed by atoms with Crippen LogP contribution in [0, 0.1) is 5.92 Å². The molecule has 8 heteroatoms. The molecule has 0 saturated carbocycles. The molecule has 1 aliphatic rings. The third-order valence-electron chi connectivity index (χ3n) is 3.18. The summed E-state index contributed by atoms with van der Waals surface area (Å²) in [5, 5.41) is 4.27. The van der Waals surface area contributed by atoms with E-state index in [1.807, 2.05) is 10.9 Å². The summed E-state index contributed by atoms with van der Waals surface area (Å²) < 4.78 is 8.91. The molecular formula is C12H13Br2N5O. The maximum atomic E-state index is 5.19. The monoisotopic (exact) mass is 401 g/mol. The summed E-state index contributed by atoms with van der Waals surface area (Å²) >= 11 is 6.75. The fraction of sp³-hybridized carbons (Fsp3) is 0.417. The van der Waals surface area contributed by atoms with Crippen molar-refractivity contribution in [2.75, 3.05) is 25.1 Å². The molecule has 0 atom stereocenters. The molecule has 1 fully saturated rings. The van der Waals surface area contributed by atoms with E-state index in [0.29, 0.717) is 17.7 Å². The van der Waals surface area contributed by atoms with Crippen molar-refractivity contribution in [3.63, 3.8) is 0 Å². The van der Waals surface area contributed by atoms with Gasteiger partial charge >= 0.3 is 0 Å². The first-order valence-corrected chi connectivity index (χ1v) is 7.73. The Balaban J connectivity index is 1.60. The molecule has 0 radical (unpaired) electrons. The molecule has 1 aliphatic heterocycles. The molecule has 20 heavy (non-hydrogen) atoms. The lowest BCUT2D eigenvalue weighted by Crippen LogP contribution is -2.49. The molecule has 0 aromatic carbocycles. The van der Waals surface area contributed by atoms with E-state index in [9.17, 15) is 0 Å². The van der Waals surface area contributed by atoms with Crippen LogP contribution >= 0.6 is 31.9 Å². The van der Waals surface area contributed by atoms with Gasteiger partial charge in [0.1, 0.15) is 0 Å². The van der Waals surface area contributed by atoms with E-state index in [0.717, 1.165) is 28.6 Å². The molecule has 0 spiro atoms. The van der Waals surface area contributed by atoms with Gasteiger partial charge in [-0.05, 0) is 31.9 Å². The third kappa shape index (κ3) is 2.80. The predicted molar refractivity (Wildman–Crippen MR) is 81.9 cm³/mol. The SMILES string of the molecule is COc1nc(N2CC(Cn3cc(Br)cn3)C2)ncc1Br. The van der Waals surface area contributed by atoms with Crippen molar-refractivity contribution in [3.05, 3.63) is 27.5 Å². The summed E-state index contributed by atoms with van der Waals surface area (Å²) in [6.45, 7) is 2.78. The predicted octanol–water partition coefficient (Wildman–Crippen LogP) is 2.34. The van der Waals surface area contributed by atoms with Crippen molar-refractivity contribution in [2.24, 2.45) is 5.92 Å². The molecule has 6 nitrogen and oxygen atoms in total. The minimum Gasteiger partial charge on any atom is -0.480 e. The Bertz CT molecular complexity index is 612. The van der Waals surface area contributed by atoms with Gasteiger partial charge in [0, 0.05) is 31.7 Å². The molecule has 2 aromatic rings. The zero-order chi connectivity index (χ0) is 14.1. The Labute approximate surface area is 133 Å². The van der Waals surface area contributed by atoms with Crippen molar-refractivity contribution in [1.29, 1.82) is 0 Å². The minimum absolute atomic E-state index is 0.564. The molecule has 3 heterocycles. The zero-order valence-corrected chi connectivity index (χ0v) is 14.0. The molecule has 1 saturated heterocycles. The van der Waals surface area contributed by atoms with Gasteiger partial charge in [0.05, 0.1) is 28.4 Å². The molecule has 0 unspecified atom stereocenters. The number of halogens is 2. The number of nitrogens with zero attached hydrogens (tertiary/aromatic N) is 5. The highest BCUT2D eigenvalue weighted by atomic mass is 79.9. The Morgan fingerprint density at radius 3 is 2.80 bits per heavy atom. The van der Waals surface area contributed by atoms with E-state index in [-0.39, 0.29) is 0 Å². The van der Waals surface area contributed by atoms with Crippen LogP contribution in [-0.2, 0) is 6.54 Å². The molecule has 0 bridgehead atoms. The highest BCUT2D eigenvalue weighted by molar-refractivity contribution is 9.10. The quantitative estimate of drug-likeness (QED) is 0.785. The smallest absolute Gasteiger partial charge is 0.232 e. The molecule has 3 rings (SSSR count). The van der Waals surface area contributed by atoms with E-state index in [2.05, 4.69) is 51.8 Å². The number of ether oxygens (including phenoxy) is 1. The van der Waals surface area contributed by atoms with Gasteiger partial charge in [-0.2, -0.15) is 10.1 Å². The number of aromatic nitrogens is 4. The Kier molecular flexibility index (Phi) is 3.93. The second kappa shape index (κ2) is 5.69. The standard InChI is InChI=1S/C12H13Br2N5O/c1-20-11-10(14)3-15-12(17-11)18-4-8(5-18)6-19-7-9(13)2-16-19/h2-3,7-8H,4-6H2,1H3. The van der Waals surface area contributed by atoms with Gasteiger partial charge in [-0.25, -0.2) is 4.98 Å². The Morgan fingerprint density at radius 2 is 2.15 bits per heavy atom. The third-order valence-corrected chi connectivity index (χ3v) is 4.13. The van der Waals surface area contributed by atoms with Crippen LogP contribution in [-0.4, -0.2) is 39.9 Å². The Morgan fingerprint density at radius 1 is 1.35 bits per heavy atom. The first kappa shape index (κ1) is 13.8. The van der Waals surface area contributed by atoms with Crippen LogP contribution in [0.25, 0.3) is 0 Å². The molecule has 106 valence electrons. The van der Waals surface area contributed by atoms with E-state index >= 15 is 0 Å². The van der Waals surface area contributed by atoms with Crippen molar-refractivity contribution in [3.8, 4) is 5.88 Å². The lowest BCUT2D eigenvalue weighted by molar-refractivity contribution is 0.335. The van der Waals surface area contributed by atoms with Crippen LogP contribution in [0.15, 0.2) is 27.5 Å². The van der Waals surface area contributed by atoms with Crippen molar-refractivity contribution < 1.29 is 4.74 Å². The normalized spacial score (nSPS) is 15.2. The second-order valence-corrected chi connectivity index (χ2v) is 6.45. The number of hydrogen-bond acceptors (Lipinski definition) is 5. The minimum atomic E-state index is 0.564. The van der Waals surface area contributed by atoms with Gasteiger partial charge < -0.3 is 9.64 Å². The van der Waals surface area contributed by atoms with Gasteiger partial charge in [0.25, 0.3) is 0 Å². The van der Waals surface area contributed by atoms with Gasteiger partial charge in [0.15, 0.2) is 0 Å². The van der Waals surface area contributed by atoms with Gasteiger partial charge in [-0.1, -0.05) is 0 Å². The average molecular weight is 403 g/mol. The summed E-state index contributed by atoms with van der Waals surface area (Å²) in [4.78, 5) is 10.8. The van der Waals surface area contributed by atoms with E-state index < -0.39 is 0 Å². The van der Waals surface area contributed by atoms with E-state index in [4.69, 9.17) is 4.74 Å². The maximum absolute atomic E-state index is 5.19.